The fraction of sp³-hybridized carbons (Fsp3) is 0.133. The van der Waals surface area contributed by atoms with Crippen molar-refractivity contribution in [1.82, 2.24) is 0 Å². The zero-order valence-electron chi connectivity index (χ0n) is 9.86. The van der Waals surface area contributed by atoms with Crippen LogP contribution in [0.3, 0.4) is 0 Å². The first kappa shape index (κ1) is 13.0. The van der Waals surface area contributed by atoms with Crippen molar-refractivity contribution in [2.45, 2.75) is 11.8 Å². The molecule has 2 aromatic carbocycles. The molecule has 2 rings (SSSR count). The molecular weight excluding hydrogens is 295 g/mol. The molecule has 0 aliphatic rings. The van der Waals surface area contributed by atoms with E-state index in [1.165, 1.54) is 24.3 Å². The Morgan fingerprint density at radius 2 is 1.44 bits per heavy atom. The molecule has 1 atom stereocenters. The number of halogens is 2. The lowest BCUT2D eigenvalue weighted by molar-refractivity contribution is 0.103. The Bertz CT molecular complexity index is 544. The van der Waals surface area contributed by atoms with Gasteiger partial charge in [-0.1, -0.05) is 40.2 Å². The first-order chi connectivity index (χ1) is 8.58. The minimum atomic E-state index is -0.338. The Labute approximate surface area is 114 Å². The van der Waals surface area contributed by atoms with E-state index < -0.39 is 0 Å². The highest BCUT2D eigenvalue weighted by atomic mass is 79.9. The summed E-state index contributed by atoms with van der Waals surface area (Å²) in [5.74, 6) is -0.432. The standard InChI is InChI=1S/C15H12BrFO/c1-10(16)11-2-4-12(5-3-11)15(18)13-6-8-14(17)9-7-13/h2-10H,1H3. The highest BCUT2D eigenvalue weighted by Crippen LogP contribution is 2.22. The number of rotatable bonds is 3. The van der Waals surface area contributed by atoms with Crippen LogP contribution in [0.2, 0.25) is 0 Å². The Morgan fingerprint density at radius 1 is 1.00 bits per heavy atom. The third-order valence-corrected chi connectivity index (χ3v) is 3.27. The summed E-state index contributed by atoms with van der Waals surface area (Å²) in [5.41, 5.74) is 2.22. The predicted molar refractivity (Wildman–Crippen MR) is 73.6 cm³/mol. The maximum Gasteiger partial charge on any atom is 0.193 e. The summed E-state index contributed by atoms with van der Waals surface area (Å²) in [6.07, 6.45) is 0. The van der Waals surface area contributed by atoms with Gasteiger partial charge in [-0.25, -0.2) is 4.39 Å². The Balaban J connectivity index is 2.26. The van der Waals surface area contributed by atoms with Crippen molar-refractivity contribution in [2.75, 3.05) is 0 Å². The molecule has 0 aliphatic carbocycles. The quantitative estimate of drug-likeness (QED) is 0.602. The molecule has 0 bridgehead atoms. The van der Waals surface area contributed by atoms with Crippen LogP contribution < -0.4 is 0 Å². The Kier molecular flexibility index (Phi) is 3.92. The zero-order valence-corrected chi connectivity index (χ0v) is 11.4. The minimum absolute atomic E-state index is 0.0937. The fourth-order valence-corrected chi connectivity index (χ4v) is 1.97. The molecule has 2 aromatic rings. The van der Waals surface area contributed by atoms with Gasteiger partial charge in [-0.05, 0) is 36.8 Å². The summed E-state index contributed by atoms with van der Waals surface area (Å²) < 4.78 is 12.8. The van der Waals surface area contributed by atoms with Gasteiger partial charge in [0.15, 0.2) is 5.78 Å². The average Bonchev–Trinajstić information content (AvgIpc) is 2.39. The molecule has 0 aromatic heterocycles. The average molecular weight is 307 g/mol. The summed E-state index contributed by atoms with van der Waals surface area (Å²) >= 11 is 3.47. The van der Waals surface area contributed by atoms with Gasteiger partial charge in [0.25, 0.3) is 0 Å². The lowest BCUT2D eigenvalue weighted by Gasteiger charge is -2.05. The summed E-state index contributed by atoms with van der Waals surface area (Å²) in [7, 11) is 0. The van der Waals surface area contributed by atoms with Crippen LogP contribution in [-0.4, -0.2) is 5.78 Å². The highest BCUT2D eigenvalue weighted by molar-refractivity contribution is 9.09. The summed E-state index contributed by atoms with van der Waals surface area (Å²) in [6, 6.07) is 13.0. The number of hydrogen-bond donors (Lipinski definition) is 0. The first-order valence-electron chi connectivity index (χ1n) is 5.62. The van der Waals surface area contributed by atoms with Crippen LogP contribution >= 0.6 is 15.9 Å². The number of benzene rings is 2. The van der Waals surface area contributed by atoms with E-state index in [9.17, 15) is 9.18 Å². The summed E-state index contributed by atoms with van der Waals surface area (Å²) in [6.45, 7) is 2.02. The van der Waals surface area contributed by atoms with Gasteiger partial charge in [-0.3, -0.25) is 4.79 Å². The van der Waals surface area contributed by atoms with Crippen LogP contribution in [0.15, 0.2) is 48.5 Å². The molecule has 0 N–H and O–H groups in total. The van der Waals surface area contributed by atoms with E-state index in [2.05, 4.69) is 15.9 Å². The molecule has 0 heterocycles. The number of carbonyl (C=O) groups is 1. The molecule has 92 valence electrons. The number of hydrogen-bond acceptors (Lipinski definition) is 1. The molecule has 0 amide bonds. The van der Waals surface area contributed by atoms with Crippen LogP contribution in [0.1, 0.15) is 33.2 Å². The second-order valence-electron chi connectivity index (χ2n) is 4.07. The molecule has 0 aliphatic heterocycles. The molecule has 1 unspecified atom stereocenters. The SMILES string of the molecule is CC(Br)c1ccc(C(=O)c2ccc(F)cc2)cc1. The van der Waals surface area contributed by atoms with E-state index in [1.54, 1.807) is 12.1 Å². The lowest BCUT2D eigenvalue weighted by atomic mass is 10.0. The van der Waals surface area contributed by atoms with Gasteiger partial charge >= 0.3 is 0 Å². The minimum Gasteiger partial charge on any atom is -0.289 e. The molecule has 0 radical (unpaired) electrons. The van der Waals surface area contributed by atoms with E-state index in [-0.39, 0.29) is 16.4 Å². The van der Waals surface area contributed by atoms with Crippen molar-refractivity contribution in [3.8, 4) is 0 Å². The van der Waals surface area contributed by atoms with Crippen LogP contribution in [0, 0.1) is 5.82 Å². The van der Waals surface area contributed by atoms with E-state index >= 15 is 0 Å². The molecule has 1 nitrogen and oxygen atoms in total. The molecule has 3 heteroatoms. The Hall–Kier alpha value is -1.48. The third kappa shape index (κ3) is 2.85. The van der Waals surface area contributed by atoms with Crippen molar-refractivity contribution in [2.24, 2.45) is 0 Å². The molecule has 0 saturated carbocycles. The van der Waals surface area contributed by atoms with Crippen molar-refractivity contribution in [1.29, 1.82) is 0 Å². The molecule has 0 fully saturated rings. The maximum absolute atomic E-state index is 12.8. The normalized spacial score (nSPS) is 12.2. The number of carbonyl (C=O) groups excluding carboxylic acids is 1. The molecule has 18 heavy (non-hydrogen) atoms. The fourth-order valence-electron chi connectivity index (χ4n) is 1.67. The van der Waals surface area contributed by atoms with Gasteiger partial charge in [-0.2, -0.15) is 0 Å². The van der Waals surface area contributed by atoms with E-state index in [1.807, 2.05) is 19.1 Å². The van der Waals surface area contributed by atoms with Crippen LogP contribution in [-0.2, 0) is 0 Å². The van der Waals surface area contributed by atoms with Gasteiger partial charge in [0.05, 0.1) is 0 Å². The number of ketones is 1. The van der Waals surface area contributed by atoms with Crippen LogP contribution in [0.25, 0.3) is 0 Å². The van der Waals surface area contributed by atoms with Crippen LogP contribution in [0.5, 0.6) is 0 Å². The Morgan fingerprint density at radius 3 is 1.89 bits per heavy atom. The summed E-state index contributed by atoms with van der Waals surface area (Å²) in [5, 5.41) is 0. The lowest BCUT2D eigenvalue weighted by Crippen LogP contribution is -2.01. The van der Waals surface area contributed by atoms with Crippen molar-refractivity contribution in [3.63, 3.8) is 0 Å². The predicted octanol–water partition coefficient (Wildman–Crippen LogP) is 4.51. The van der Waals surface area contributed by atoms with Gasteiger partial charge in [0, 0.05) is 16.0 Å². The van der Waals surface area contributed by atoms with Crippen LogP contribution in [0.4, 0.5) is 4.39 Å². The zero-order chi connectivity index (χ0) is 13.1. The monoisotopic (exact) mass is 306 g/mol. The highest BCUT2D eigenvalue weighted by Gasteiger charge is 2.09. The maximum atomic E-state index is 12.8. The van der Waals surface area contributed by atoms with Gasteiger partial charge < -0.3 is 0 Å². The topological polar surface area (TPSA) is 17.1 Å². The largest absolute Gasteiger partial charge is 0.289 e. The first-order valence-corrected chi connectivity index (χ1v) is 6.54. The van der Waals surface area contributed by atoms with Gasteiger partial charge in [-0.15, -0.1) is 0 Å². The smallest absolute Gasteiger partial charge is 0.193 e. The second kappa shape index (κ2) is 5.44. The molecule has 0 saturated heterocycles. The van der Waals surface area contributed by atoms with E-state index in [4.69, 9.17) is 0 Å². The van der Waals surface area contributed by atoms with E-state index in [0.717, 1.165) is 5.56 Å². The summed E-state index contributed by atoms with van der Waals surface area (Å²) in [4.78, 5) is 12.4. The van der Waals surface area contributed by atoms with Gasteiger partial charge in [0.2, 0.25) is 0 Å². The van der Waals surface area contributed by atoms with E-state index in [0.29, 0.717) is 11.1 Å². The molecule has 0 spiro atoms. The van der Waals surface area contributed by atoms with Crippen molar-refractivity contribution in [3.05, 3.63) is 71.0 Å². The molecular formula is C15H12BrFO. The van der Waals surface area contributed by atoms with Crippen molar-refractivity contribution < 1.29 is 9.18 Å². The van der Waals surface area contributed by atoms with Gasteiger partial charge in [0.1, 0.15) is 5.82 Å². The number of alkyl halides is 1. The third-order valence-electron chi connectivity index (χ3n) is 2.74. The second-order valence-corrected chi connectivity index (χ2v) is 5.45. The van der Waals surface area contributed by atoms with Crippen molar-refractivity contribution >= 4 is 21.7 Å².